The van der Waals surface area contributed by atoms with E-state index >= 15 is 0 Å². The van der Waals surface area contributed by atoms with Gasteiger partial charge in [-0.2, -0.15) is 5.10 Å². The highest BCUT2D eigenvalue weighted by molar-refractivity contribution is 6.20. The van der Waals surface area contributed by atoms with Gasteiger partial charge < -0.3 is 19.3 Å². The van der Waals surface area contributed by atoms with Crippen LogP contribution < -0.4 is 10.5 Å². The Hall–Kier alpha value is -4.27. The molecule has 2 aromatic heterocycles. The molecular weight excluding hydrogens is 480 g/mol. The molecule has 1 amide bonds. The average molecular weight is 511 g/mol. The number of benzene rings is 3. The first-order valence-electron chi connectivity index (χ1n) is 12.6. The van der Waals surface area contributed by atoms with Gasteiger partial charge >= 0.3 is 0 Å². The first-order valence-corrected chi connectivity index (χ1v) is 12.6. The van der Waals surface area contributed by atoms with Crippen LogP contribution in [0.5, 0.6) is 0 Å². The minimum Gasteiger partial charge on any atom is -0.389 e. The molecule has 0 aliphatic carbocycles. The summed E-state index contributed by atoms with van der Waals surface area (Å²) in [6, 6.07) is 26.6. The number of amides is 1. The van der Waals surface area contributed by atoms with Gasteiger partial charge in [-0.05, 0) is 30.7 Å². The van der Waals surface area contributed by atoms with Crippen molar-refractivity contribution in [1.82, 2.24) is 14.3 Å². The van der Waals surface area contributed by atoms with Gasteiger partial charge in [-0.1, -0.05) is 66.7 Å². The molecule has 1 N–H and O–H groups in total. The molecule has 0 saturated heterocycles. The number of aryl methyl sites for hydroxylation is 1. The van der Waals surface area contributed by atoms with E-state index in [4.69, 9.17) is 4.74 Å². The van der Waals surface area contributed by atoms with E-state index in [0.717, 1.165) is 22.2 Å². The Morgan fingerprint density at radius 1 is 1.00 bits per heavy atom. The van der Waals surface area contributed by atoms with E-state index in [0.29, 0.717) is 24.1 Å². The lowest BCUT2D eigenvalue weighted by atomic mass is 10.1. The van der Waals surface area contributed by atoms with Gasteiger partial charge in [0.05, 0.1) is 25.9 Å². The van der Waals surface area contributed by atoms with Crippen LogP contribution in [-0.4, -0.2) is 44.6 Å². The quantitative estimate of drug-likeness (QED) is 0.322. The minimum absolute atomic E-state index is 0.0184. The Labute approximate surface area is 220 Å². The predicted molar refractivity (Wildman–Crippen MR) is 148 cm³/mol. The van der Waals surface area contributed by atoms with Crippen molar-refractivity contribution >= 4 is 33.4 Å². The summed E-state index contributed by atoms with van der Waals surface area (Å²) < 4.78 is 8.65. The Kier molecular flexibility index (Phi) is 7.35. The number of rotatable bonds is 9. The number of para-hydroxylation sites is 2. The molecule has 2 heterocycles. The number of fused-ring (bicyclic) bond motifs is 3. The van der Waals surface area contributed by atoms with Gasteiger partial charge in [0.25, 0.3) is 11.5 Å². The smallest absolute Gasteiger partial charge is 0.291 e. The van der Waals surface area contributed by atoms with Crippen LogP contribution in [0, 0.1) is 0 Å². The van der Waals surface area contributed by atoms with Crippen LogP contribution in [-0.2, 0) is 24.9 Å². The minimum atomic E-state index is -0.990. The molecule has 0 aliphatic rings. The fourth-order valence-corrected chi connectivity index (χ4v) is 4.81. The van der Waals surface area contributed by atoms with E-state index in [1.54, 1.807) is 16.5 Å². The molecule has 5 aromatic rings. The maximum absolute atomic E-state index is 14.0. The van der Waals surface area contributed by atoms with Crippen molar-refractivity contribution in [3.8, 4) is 0 Å². The second kappa shape index (κ2) is 11.0. The van der Waals surface area contributed by atoms with Crippen LogP contribution in [0.1, 0.15) is 23.0 Å². The fourth-order valence-electron chi connectivity index (χ4n) is 4.81. The van der Waals surface area contributed by atoms with Crippen molar-refractivity contribution in [2.45, 2.75) is 26.2 Å². The topological polar surface area (TPSA) is 89.6 Å². The van der Waals surface area contributed by atoms with Gasteiger partial charge in [-0.3, -0.25) is 9.59 Å². The third-order valence-corrected chi connectivity index (χ3v) is 6.64. The van der Waals surface area contributed by atoms with Gasteiger partial charge in [-0.15, -0.1) is 0 Å². The summed E-state index contributed by atoms with van der Waals surface area (Å²) in [7, 11) is 1.80. The molecule has 38 heavy (non-hydrogen) atoms. The van der Waals surface area contributed by atoms with Crippen molar-refractivity contribution in [2.75, 3.05) is 18.1 Å². The largest absolute Gasteiger partial charge is 0.389 e. The molecule has 8 nitrogen and oxygen atoms in total. The number of hydrogen-bond acceptors (Lipinski definition) is 5. The molecule has 0 aliphatic heterocycles. The fraction of sp³-hybridized carbons (Fsp3) is 0.233. The first kappa shape index (κ1) is 25.4. The summed E-state index contributed by atoms with van der Waals surface area (Å²) in [6.07, 6.45) is -0.990. The first-order chi connectivity index (χ1) is 18.5. The normalized spacial score (nSPS) is 12.2. The van der Waals surface area contributed by atoms with Gasteiger partial charge in [0, 0.05) is 35.6 Å². The summed E-state index contributed by atoms with van der Waals surface area (Å²) in [5.74, 6) is -0.316. The SMILES string of the molecule is CCN(C(=O)c1nn(C[C@@H](O)COCc2ccccc2)c(=O)c2c1c1ccccc1n2C)c1ccccc1. The molecule has 3 aromatic carbocycles. The summed E-state index contributed by atoms with van der Waals surface area (Å²) in [5, 5.41) is 16.6. The van der Waals surface area contributed by atoms with E-state index in [-0.39, 0.29) is 30.3 Å². The Bertz CT molecular complexity index is 1630. The lowest BCUT2D eigenvalue weighted by molar-refractivity contribution is 0.0180. The third-order valence-electron chi connectivity index (χ3n) is 6.64. The summed E-state index contributed by atoms with van der Waals surface area (Å²) in [5.41, 5.74) is 2.70. The highest BCUT2D eigenvalue weighted by Gasteiger charge is 2.27. The van der Waals surface area contributed by atoms with Crippen molar-refractivity contribution in [1.29, 1.82) is 0 Å². The van der Waals surface area contributed by atoms with Crippen LogP contribution in [0.4, 0.5) is 5.69 Å². The maximum Gasteiger partial charge on any atom is 0.291 e. The number of carbonyl (C=O) groups is 1. The zero-order chi connectivity index (χ0) is 26.6. The Balaban J connectivity index is 1.55. The highest BCUT2D eigenvalue weighted by Crippen LogP contribution is 2.29. The number of anilines is 1. The predicted octanol–water partition coefficient (Wildman–Crippen LogP) is 4.13. The van der Waals surface area contributed by atoms with Crippen molar-refractivity contribution in [3.05, 3.63) is 107 Å². The molecule has 5 rings (SSSR count). The zero-order valence-corrected chi connectivity index (χ0v) is 21.4. The second-order valence-electron chi connectivity index (χ2n) is 9.18. The number of aliphatic hydroxyl groups excluding tert-OH is 1. The number of aliphatic hydroxyl groups is 1. The van der Waals surface area contributed by atoms with Crippen molar-refractivity contribution < 1.29 is 14.6 Å². The number of hydrogen-bond donors (Lipinski definition) is 1. The molecular formula is C30H30N4O4. The zero-order valence-electron chi connectivity index (χ0n) is 21.4. The standard InChI is InChI=1S/C30H30N4O4/c1-3-33(22-14-8-5-9-15-22)29(36)27-26-24-16-10-11-17-25(24)32(2)28(26)30(37)34(31-27)18-23(35)20-38-19-21-12-6-4-7-13-21/h4-17,23,35H,3,18-20H2,1-2H3/t23-/m1/s1. The van der Waals surface area contributed by atoms with Gasteiger partial charge in [0.1, 0.15) is 5.52 Å². The molecule has 1 atom stereocenters. The Morgan fingerprint density at radius 2 is 1.66 bits per heavy atom. The van der Waals surface area contributed by atoms with Crippen LogP contribution in [0.3, 0.4) is 0 Å². The third kappa shape index (κ3) is 4.83. The van der Waals surface area contributed by atoms with Gasteiger partial charge in [0.2, 0.25) is 0 Å². The summed E-state index contributed by atoms with van der Waals surface area (Å²) in [4.78, 5) is 29.2. The Morgan fingerprint density at radius 3 is 2.37 bits per heavy atom. The summed E-state index contributed by atoms with van der Waals surface area (Å²) >= 11 is 0. The molecule has 0 saturated carbocycles. The number of aromatic nitrogens is 3. The van der Waals surface area contributed by atoms with E-state index in [1.807, 2.05) is 91.9 Å². The van der Waals surface area contributed by atoms with Crippen LogP contribution >= 0.6 is 0 Å². The molecule has 8 heteroatoms. The monoisotopic (exact) mass is 510 g/mol. The van der Waals surface area contributed by atoms with Gasteiger partial charge in [-0.25, -0.2) is 4.68 Å². The number of carbonyl (C=O) groups excluding carboxylic acids is 1. The van der Waals surface area contributed by atoms with Crippen LogP contribution in [0.25, 0.3) is 21.8 Å². The summed E-state index contributed by atoms with van der Waals surface area (Å²) in [6.45, 7) is 2.57. The van der Waals surface area contributed by atoms with Crippen LogP contribution in [0.15, 0.2) is 89.7 Å². The number of ether oxygens (including phenoxy) is 1. The van der Waals surface area contributed by atoms with E-state index < -0.39 is 6.10 Å². The molecule has 0 bridgehead atoms. The molecule has 0 fully saturated rings. The van der Waals surface area contributed by atoms with E-state index in [9.17, 15) is 14.7 Å². The maximum atomic E-state index is 14.0. The van der Waals surface area contributed by atoms with E-state index in [2.05, 4.69) is 5.10 Å². The van der Waals surface area contributed by atoms with E-state index in [1.165, 1.54) is 4.68 Å². The molecule has 0 unspecified atom stereocenters. The van der Waals surface area contributed by atoms with Crippen molar-refractivity contribution in [3.63, 3.8) is 0 Å². The highest BCUT2D eigenvalue weighted by atomic mass is 16.5. The van der Waals surface area contributed by atoms with Crippen LogP contribution in [0.2, 0.25) is 0 Å². The van der Waals surface area contributed by atoms with Gasteiger partial charge in [0.15, 0.2) is 5.69 Å². The lowest BCUT2D eigenvalue weighted by Crippen LogP contribution is -2.36. The average Bonchev–Trinajstić information content (AvgIpc) is 3.24. The lowest BCUT2D eigenvalue weighted by Gasteiger charge is -2.22. The second-order valence-corrected chi connectivity index (χ2v) is 9.18. The number of nitrogens with zero attached hydrogens (tertiary/aromatic N) is 4. The van der Waals surface area contributed by atoms with Crippen molar-refractivity contribution in [2.24, 2.45) is 7.05 Å². The molecule has 194 valence electrons. The molecule has 0 radical (unpaired) electrons. The molecule has 0 spiro atoms.